The molecule has 0 aliphatic rings. The lowest BCUT2D eigenvalue weighted by molar-refractivity contribution is -0.128. The molecule has 0 heterocycles. The predicted molar refractivity (Wildman–Crippen MR) is 43.1 cm³/mol. The number of benzene rings is 1. The number of para-hydroxylation sites is 1. The Morgan fingerprint density at radius 2 is 1.60 bits per heavy atom. The van der Waals surface area contributed by atoms with Crippen molar-refractivity contribution in [2.45, 2.75) is 5.51 Å². The summed E-state index contributed by atoms with van der Waals surface area (Å²) in [7, 11) is -5.72. The van der Waals surface area contributed by atoms with E-state index >= 15 is 0 Å². The van der Waals surface area contributed by atoms with E-state index in [1.165, 1.54) is 24.3 Å². The van der Waals surface area contributed by atoms with Crippen LogP contribution in [0.5, 0.6) is 5.75 Å². The van der Waals surface area contributed by atoms with Crippen LogP contribution in [0.15, 0.2) is 30.3 Å². The SMILES string of the molecule is O=S(=O)(OOc1ccccc1)C(F)(F)F. The van der Waals surface area contributed by atoms with Gasteiger partial charge in [0.25, 0.3) is 0 Å². The van der Waals surface area contributed by atoms with Gasteiger partial charge in [0.2, 0.25) is 0 Å². The summed E-state index contributed by atoms with van der Waals surface area (Å²) in [6, 6.07) is 6.95. The van der Waals surface area contributed by atoms with Crippen LogP contribution >= 0.6 is 0 Å². The Hall–Kier alpha value is -1.28. The van der Waals surface area contributed by atoms with Gasteiger partial charge in [-0.05, 0) is 16.5 Å². The summed E-state index contributed by atoms with van der Waals surface area (Å²) in [5.41, 5.74) is -5.50. The van der Waals surface area contributed by atoms with Gasteiger partial charge in [0.05, 0.1) is 0 Å². The van der Waals surface area contributed by atoms with Crippen LogP contribution in [0.4, 0.5) is 13.2 Å². The Morgan fingerprint density at radius 1 is 1.07 bits per heavy atom. The Kier molecular flexibility index (Phi) is 3.20. The van der Waals surface area contributed by atoms with E-state index in [1.54, 1.807) is 6.07 Å². The van der Waals surface area contributed by atoms with Crippen molar-refractivity contribution in [1.82, 2.24) is 0 Å². The van der Waals surface area contributed by atoms with E-state index in [-0.39, 0.29) is 5.75 Å². The second kappa shape index (κ2) is 4.07. The highest BCUT2D eigenvalue weighted by Gasteiger charge is 2.49. The van der Waals surface area contributed by atoms with E-state index in [4.69, 9.17) is 0 Å². The van der Waals surface area contributed by atoms with Crippen LogP contribution in [0.1, 0.15) is 0 Å². The molecule has 1 rings (SSSR count). The minimum absolute atomic E-state index is 0.148. The molecule has 0 unspecified atom stereocenters. The average Bonchev–Trinajstić information content (AvgIpc) is 2.15. The second-order valence-electron chi connectivity index (χ2n) is 2.36. The maximum absolute atomic E-state index is 11.7. The zero-order chi connectivity index (χ0) is 11.5. The third-order valence-electron chi connectivity index (χ3n) is 1.25. The number of rotatable bonds is 3. The zero-order valence-electron chi connectivity index (χ0n) is 7.06. The third-order valence-corrected chi connectivity index (χ3v) is 2.06. The van der Waals surface area contributed by atoms with E-state index in [2.05, 4.69) is 9.22 Å². The molecule has 0 saturated heterocycles. The van der Waals surface area contributed by atoms with Crippen LogP contribution in [-0.4, -0.2) is 13.9 Å². The summed E-state index contributed by atoms with van der Waals surface area (Å²) in [6.45, 7) is 0. The topological polar surface area (TPSA) is 52.6 Å². The van der Waals surface area contributed by atoms with E-state index in [0.717, 1.165) is 0 Å². The highest BCUT2D eigenvalue weighted by atomic mass is 32.2. The predicted octanol–water partition coefficient (Wildman–Crippen LogP) is 1.85. The van der Waals surface area contributed by atoms with Crippen molar-refractivity contribution < 1.29 is 30.8 Å². The number of alkyl halides is 3. The Bertz CT molecular complexity index is 412. The van der Waals surface area contributed by atoms with Gasteiger partial charge in [0.1, 0.15) is 0 Å². The second-order valence-corrected chi connectivity index (χ2v) is 3.87. The molecule has 0 saturated carbocycles. The fourth-order valence-electron chi connectivity index (χ4n) is 0.599. The van der Waals surface area contributed by atoms with E-state index in [0.29, 0.717) is 0 Å². The summed E-state index contributed by atoms with van der Waals surface area (Å²) in [4.78, 5) is 3.99. The highest BCUT2D eigenvalue weighted by Crippen LogP contribution is 2.25. The molecule has 0 aromatic heterocycles. The molecule has 0 bridgehead atoms. The van der Waals surface area contributed by atoms with Crippen LogP contribution in [0.3, 0.4) is 0 Å². The molecule has 0 aliphatic carbocycles. The Balaban J connectivity index is 2.67. The number of hydrogen-bond acceptors (Lipinski definition) is 4. The normalized spacial score (nSPS) is 12.5. The van der Waals surface area contributed by atoms with Gasteiger partial charge in [-0.3, -0.25) is 0 Å². The van der Waals surface area contributed by atoms with Crippen LogP contribution < -0.4 is 4.89 Å². The van der Waals surface area contributed by atoms with Gasteiger partial charge in [0.15, 0.2) is 5.75 Å². The largest absolute Gasteiger partial charge is 0.526 e. The lowest BCUT2D eigenvalue weighted by Gasteiger charge is -2.07. The van der Waals surface area contributed by atoms with E-state index in [1.807, 2.05) is 0 Å². The molecule has 0 fully saturated rings. The maximum atomic E-state index is 11.7. The molecule has 8 heteroatoms. The molecule has 0 amide bonds. The molecule has 0 aliphatic heterocycles. The molecule has 0 N–H and O–H groups in total. The van der Waals surface area contributed by atoms with Crippen LogP contribution in [0.2, 0.25) is 0 Å². The minimum Gasteiger partial charge on any atom is -0.321 e. The first-order chi connectivity index (χ1) is 6.83. The Morgan fingerprint density at radius 3 is 2.07 bits per heavy atom. The minimum atomic E-state index is -5.72. The highest BCUT2D eigenvalue weighted by molar-refractivity contribution is 7.87. The van der Waals surface area contributed by atoms with Crippen molar-refractivity contribution >= 4 is 10.1 Å². The molecule has 4 nitrogen and oxygen atoms in total. The van der Waals surface area contributed by atoms with Gasteiger partial charge in [0, 0.05) is 0 Å². The summed E-state index contributed by atoms with van der Waals surface area (Å²) in [6.07, 6.45) is 0. The molecule has 1 aromatic carbocycles. The Labute approximate surface area is 83.3 Å². The van der Waals surface area contributed by atoms with Crippen LogP contribution in [-0.2, 0) is 14.5 Å². The summed E-state index contributed by atoms with van der Waals surface area (Å²) < 4.78 is 59.3. The molecule has 15 heavy (non-hydrogen) atoms. The monoisotopic (exact) mass is 242 g/mol. The molecular formula is C7H5F3O4S. The fourth-order valence-corrected chi connectivity index (χ4v) is 0.844. The van der Waals surface area contributed by atoms with Crippen LogP contribution in [0, 0.1) is 0 Å². The molecule has 0 atom stereocenters. The van der Waals surface area contributed by atoms with Gasteiger partial charge >= 0.3 is 15.6 Å². The van der Waals surface area contributed by atoms with E-state index in [9.17, 15) is 21.6 Å². The molecule has 84 valence electrons. The number of hydrogen-bond donors (Lipinski definition) is 0. The van der Waals surface area contributed by atoms with Crippen molar-refractivity contribution in [3.05, 3.63) is 30.3 Å². The van der Waals surface area contributed by atoms with Gasteiger partial charge in [-0.2, -0.15) is 21.6 Å². The summed E-state index contributed by atoms with van der Waals surface area (Å²) in [5.74, 6) is -0.148. The van der Waals surface area contributed by atoms with Gasteiger partial charge in [-0.15, -0.1) is 0 Å². The van der Waals surface area contributed by atoms with Crippen molar-refractivity contribution in [2.75, 3.05) is 0 Å². The van der Waals surface area contributed by atoms with E-state index < -0.39 is 15.6 Å². The quantitative estimate of drug-likeness (QED) is 0.461. The van der Waals surface area contributed by atoms with Crippen molar-refractivity contribution in [1.29, 1.82) is 0 Å². The van der Waals surface area contributed by atoms with Crippen molar-refractivity contribution in [3.63, 3.8) is 0 Å². The molecular weight excluding hydrogens is 237 g/mol. The lowest BCUT2D eigenvalue weighted by atomic mass is 10.3. The first kappa shape index (κ1) is 11.8. The number of halogens is 3. The summed E-state index contributed by atoms with van der Waals surface area (Å²) >= 11 is 0. The zero-order valence-corrected chi connectivity index (χ0v) is 7.88. The van der Waals surface area contributed by atoms with Crippen molar-refractivity contribution in [2.24, 2.45) is 0 Å². The van der Waals surface area contributed by atoms with Crippen molar-refractivity contribution in [3.8, 4) is 5.75 Å². The maximum Gasteiger partial charge on any atom is 0.526 e. The van der Waals surface area contributed by atoms with Crippen LogP contribution in [0.25, 0.3) is 0 Å². The molecule has 1 aromatic rings. The van der Waals surface area contributed by atoms with Gasteiger partial charge in [-0.25, -0.2) is 0 Å². The summed E-state index contributed by atoms with van der Waals surface area (Å²) in [5, 5.41) is 0. The van der Waals surface area contributed by atoms with Gasteiger partial charge in [-0.1, -0.05) is 18.2 Å². The lowest BCUT2D eigenvalue weighted by Crippen LogP contribution is -2.26. The van der Waals surface area contributed by atoms with Gasteiger partial charge < -0.3 is 4.89 Å². The average molecular weight is 242 g/mol. The molecule has 0 radical (unpaired) electrons. The molecule has 0 spiro atoms. The first-order valence-electron chi connectivity index (χ1n) is 3.55. The first-order valence-corrected chi connectivity index (χ1v) is 4.96. The standard InChI is InChI=1S/C7H5F3O4S/c8-7(9,10)15(11,12)14-13-6-4-2-1-3-5-6/h1-5H. The smallest absolute Gasteiger partial charge is 0.321 e. The fraction of sp³-hybridized carbons (Fsp3) is 0.143. The third kappa shape index (κ3) is 3.10.